The van der Waals surface area contributed by atoms with Crippen molar-refractivity contribution in [2.75, 3.05) is 5.32 Å². The van der Waals surface area contributed by atoms with E-state index in [-0.39, 0.29) is 39.2 Å². The number of fused-ring (bicyclic) bond motifs is 1. The van der Waals surface area contributed by atoms with Crippen LogP contribution in [-0.4, -0.2) is 42.3 Å². The number of non-ortho nitro benzene ring substituents is 1. The standard InChI is InChI=1S/C24H15N9O6/c25-12-15-3-1-2-4-17(15)29-24(35)21(30-31-23(34)14-7-9-26-10-8-14)22(33(38)39)20-13-27-18-6-5-16(32(36)37)11-19(18)28-20/h1-11,13,22H,(H,29,35)(H,31,34)/b30-21+/t22-/m1/s1. The van der Waals surface area contributed by atoms with Crippen LogP contribution in [0.15, 0.2) is 78.3 Å². The van der Waals surface area contributed by atoms with E-state index in [4.69, 9.17) is 0 Å². The molecule has 0 aliphatic heterocycles. The average Bonchev–Trinajstić information content (AvgIpc) is 2.94. The highest BCUT2D eigenvalue weighted by Crippen LogP contribution is 2.23. The molecule has 0 fully saturated rings. The molecule has 15 nitrogen and oxygen atoms in total. The van der Waals surface area contributed by atoms with Crippen molar-refractivity contribution in [1.29, 1.82) is 5.26 Å². The molecule has 2 heterocycles. The van der Waals surface area contributed by atoms with E-state index in [1.54, 1.807) is 6.07 Å². The maximum absolute atomic E-state index is 13.3. The van der Waals surface area contributed by atoms with Crippen molar-refractivity contribution >= 4 is 39.9 Å². The first kappa shape index (κ1) is 25.9. The Balaban J connectivity index is 1.79. The number of aromatic nitrogens is 3. The number of para-hydroxylation sites is 1. The van der Waals surface area contributed by atoms with Gasteiger partial charge in [0.2, 0.25) is 5.71 Å². The normalized spacial score (nSPS) is 11.7. The fraction of sp³-hybridized carbons (Fsp3) is 0.0417. The second-order valence-electron chi connectivity index (χ2n) is 7.70. The molecule has 0 bridgehead atoms. The minimum absolute atomic E-state index is 0.0380. The van der Waals surface area contributed by atoms with Gasteiger partial charge in [0.25, 0.3) is 17.5 Å². The van der Waals surface area contributed by atoms with Crippen molar-refractivity contribution in [3.05, 3.63) is 110 Å². The first-order valence-electron chi connectivity index (χ1n) is 10.9. The van der Waals surface area contributed by atoms with Crippen LogP contribution in [0.25, 0.3) is 11.0 Å². The quantitative estimate of drug-likeness (QED) is 0.194. The molecule has 192 valence electrons. The Labute approximate surface area is 218 Å². The summed E-state index contributed by atoms with van der Waals surface area (Å²) in [6.45, 7) is 0. The first-order valence-corrected chi connectivity index (χ1v) is 10.9. The van der Waals surface area contributed by atoms with E-state index in [9.17, 15) is 35.1 Å². The molecule has 2 aromatic heterocycles. The molecule has 0 unspecified atom stereocenters. The van der Waals surface area contributed by atoms with Crippen LogP contribution in [0, 0.1) is 31.6 Å². The van der Waals surface area contributed by atoms with Crippen LogP contribution in [0.3, 0.4) is 0 Å². The number of hydrazone groups is 1. The van der Waals surface area contributed by atoms with Gasteiger partial charge in [0.05, 0.1) is 33.4 Å². The number of hydrogen-bond donors (Lipinski definition) is 2. The summed E-state index contributed by atoms with van der Waals surface area (Å²) in [5.74, 6) is -1.90. The molecule has 0 saturated carbocycles. The van der Waals surface area contributed by atoms with Gasteiger partial charge in [-0.3, -0.25) is 39.8 Å². The van der Waals surface area contributed by atoms with Crippen LogP contribution in [0.2, 0.25) is 0 Å². The van der Waals surface area contributed by atoms with Crippen LogP contribution < -0.4 is 10.7 Å². The Morgan fingerprint density at radius 1 is 1.03 bits per heavy atom. The number of rotatable bonds is 8. The number of carbonyl (C=O) groups excluding carboxylic acids is 2. The summed E-state index contributed by atoms with van der Waals surface area (Å²) < 4.78 is 0. The van der Waals surface area contributed by atoms with Crippen LogP contribution in [-0.2, 0) is 4.79 Å². The minimum atomic E-state index is -2.06. The zero-order chi connectivity index (χ0) is 27.9. The third-order valence-electron chi connectivity index (χ3n) is 5.25. The number of nitro groups is 2. The molecule has 2 aromatic carbocycles. The molecular weight excluding hydrogens is 510 g/mol. The van der Waals surface area contributed by atoms with Crippen molar-refractivity contribution in [3.8, 4) is 6.07 Å². The first-order chi connectivity index (χ1) is 18.8. The molecule has 1 atom stereocenters. The summed E-state index contributed by atoms with van der Waals surface area (Å²) in [5.41, 5.74) is 1.01. The summed E-state index contributed by atoms with van der Waals surface area (Å²) in [7, 11) is 0. The lowest BCUT2D eigenvalue weighted by Crippen LogP contribution is -2.36. The molecule has 2 amide bonds. The van der Waals surface area contributed by atoms with E-state index in [0.717, 1.165) is 12.3 Å². The Hall–Kier alpha value is -6.17. The van der Waals surface area contributed by atoms with Crippen molar-refractivity contribution in [3.63, 3.8) is 0 Å². The third-order valence-corrected chi connectivity index (χ3v) is 5.25. The molecule has 0 saturated heterocycles. The number of nitro benzene ring substituents is 1. The van der Waals surface area contributed by atoms with Crippen molar-refractivity contribution in [2.45, 2.75) is 6.04 Å². The number of benzene rings is 2. The molecule has 2 N–H and O–H groups in total. The van der Waals surface area contributed by atoms with Gasteiger partial charge in [-0.15, -0.1) is 0 Å². The largest absolute Gasteiger partial charge is 0.319 e. The van der Waals surface area contributed by atoms with E-state index in [1.165, 1.54) is 54.9 Å². The van der Waals surface area contributed by atoms with E-state index in [0.29, 0.717) is 0 Å². The Morgan fingerprint density at radius 3 is 2.46 bits per heavy atom. The SMILES string of the molecule is N#Cc1ccccc1NC(=O)/C(=N/NC(=O)c1ccncc1)[C@@H](c1cnc2ccc([N+](=O)[O-])cc2n1)[N+](=O)[O-]. The number of pyridine rings is 1. The van der Waals surface area contributed by atoms with Gasteiger partial charge in [-0.25, -0.2) is 10.4 Å². The zero-order valence-electron chi connectivity index (χ0n) is 19.6. The number of amides is 2. The average molecular weight is 525 g/mol. The molecule has 39 heavy (non-hydrogen) atoms. The van der Waals surface area contributed by atoms with Crippen molar-refractivity contribution in [2.24, 2.45) is 5.10 Å². The number of hydrogen-bond acceptors (Lipinski definition) is 11. The zero-order valence-corrected chi connectivity index (χ0v) is 19.6. The molecule has 0 spiro atoms. The highest BCUT2D eigenvalue weighted by Gasteiger charge is 2.37. The van der Waals surface area contributed by atoms with Gasteiger partial charge in [0.15, 0.2) is 0 Å². The number of anilines is 1. The van der Waals surface area contributed by atoms with Crippen molar-refractivity contribution < 1.29 is 19.4 Å². The van der Waals surface area contributed by atoms with Crippen LogP contribution >= 0.6 is 0 Å². The monoisotopic (exact) mass is 525 g/mol. The number of nitrogens with one attached hydrogen (secondary N) is 2. The summed E-state index contributed by atoms with van der Waals surface area (Å²) in [4.78, 5) is 59.7. The maximum atomic E-state index is 13.3. The van der Waals surface area contributed by atoms with Crippen LogP contribution in [0.5, 0.6) is 0 Å². The van der Waals surface area contributed by atoms with Gasteiger partial charge in [0, 0.05) is 35.0 Å². The highest BCUT2D eigenvalue weighted by atomic mass is 16.6. The highest BCUT2D eigenvalue weighted by molar-refractivity contribution is 6.44. The van der Waals surface area contributed by atoms with Gasteiger partial charge in [0.1, 0.15) is 11.8 Å². The lowest BCUT2D eigenvalue weighted by atomic mass is 10.1. The van der Waals surface area contributed by atoms with E-state index < -0.39 is 33.4 Å². The van der Waals surface area contributed by atoms with Crippen LogP contribution in [0.4, 0.5) is 11.4 Å². The summed E-state index contributed by atoms with van der Waals surface area (Å²) in [5, 5.41) is 38.9. The predicted molar refractivity (Wildman–Crippen MR) is 135 cm³/mol. The fourth-order valence-electron chi connectivity index (χ4n) is 3.40. The lowest BCUT2D eigenvalue weighted by molar-refractivity contribution is -0.509. The summed E-state index contributed by atoms with van der Waals surface area (Å²) >= 11 is 0. The van der Waals surface area contributed by atoms with E-state index in [1.807, 2.05) is 6.07 Å². The molecular formula is C24H15N9O6. The molecule has 4 aromatic rings. The number of nitrogens with zero attached hydrogens (tertiary/aromatic N) is 7. The Kier molecular flexibility index (Phi) is 7.48. The second-order valence-corrected chi connectivity index (χ2v) is 7.70. The van der Waals surface area contributed by atoms with Crippen molar-refractivity contribution in [1.82, 2.24) is 20.4 Å². The van der Waals surface area contributed by atoms with Gasteiger partial charge >= 0.3 is 6.04 Å². The van der Waals surface area contributed by atoms with Gasteiger partial charge in [-0.1, -0.05) is 12.1 Å². The summed E-state index contributed by atoms with van der Waals surface area (Å²) in [6.07, 6.45) is 3.71. The smallest absolute Gasteiger partial charge is 0.304 e. The predicted octanol–water partition coefficient (Wildman–Crippen LogP) is 2.55. The lowest BCUT2D eigenvalue weighted by Gasteiger charge is -2.13. The molecule has 4 rings (SSSR count). The minimum Gasteiger partial charge on any atom is -0.319 e. The van der Waals surface area contributed by atoms with Gasteiger partial charge in [-0.05, 0) is 30.3 Å². The van der Waals surface area contributed by atoms with E-state index >= 15 is 0 Å². The molecule has 0 radical (unpaired) electrons. The molecule has 0 aliphatic rings. The van der Waals surface area contributed by atoms with Gasteiger partial charge < -0.3 is 5.32 Å². The van der Waals surface area contributed by atoms with Crippen LogP contribution in [0.1, 0.15) is 27.7 Å². The number of nitriles is 1. The topological polar surface area (TPSA) is 219 Å². The van der Waals surface area contributed by atoms with Gasteiger partial charge in [-0.2, -0.15) is 10.4 Å². The van der Waals surface area contributed by atoms with E-state index in [2.05, 4.69) is 30.8 Å². The second kappa shape index (κ2) is 11.3. The Morgan fingerprint density at radius 2 is 1.77 bits per heavy atom. The molecule has 15 heteroatoms. The summed E-state index contributed by atoms with van der Waals surface area (Å²) in [6, 6.07) is 12.1. The third kappa shape index (κ3) is 5.81. The molecule has 0 aliphatic carbocycles. The number of carbonyl (C=O) groups is 2. The maximum Gasteiger partial charge on any atom is 0.304 e. The fourth-order valence-corrected chi connectivity index (χ4v) is 3.40. The Bertz CT molecular complexity index is 1680.